The van der Waals surface area contributed by atoms with Gasteiger partial charge in [-0.2, -0.15) is 13.2 Å². The van der Waals surface area contributed by atoms with E-state index in [0.717, 1.165) is 17.7 Å². The highest BCUT2D eigenvalue weighted by Gasteiger charge is 2.30. The predicted molar refractivity (Wildman–Crippen MR) is 91.4 cm³/mol. The Hall–Kier alpha value is -2.57. The fourth-order valence-corrected chi connectivity index (χ4v) is 2.42. The SMILES string of the molecule is C[C@H](CCCc1cc(C(F)(F)F)ccn1)NC(=O)OCc1ccccc1. The summed E-state index contributed by atoms with van der Waals surface area (Å²) in [4.78, 5) is 15.7. The van der Waals surface area contributed by atoms with E-state index in [4.69, 9.17) is 4.74 Å². The average Bonchev–Trinajstić information content (AvgIpc) is 2.60. The van der Waals surface area contributed by atoms with Gasteiger partial charge in [-0.25, -0.2) is 4.79 Å². The number of hydrogen-bond acceptors (Lipinski definition) is 3. The second kappa shape index (κ2) is 9.22. The highest BCUT2D eigenvalue weighted by Crippen LogP contribution is 2.29. The summed E-state index contributed by atoms with van der Waals surface area (Å²) in [6.07, 6.45) is -2.09. The smallest absolute Gasteiger partial charge is 0.416 e. The molecule has 1 atom stereocenters. The van der Waals surface area contributed by atoms with Gasteiger partial charge in [-0.3, -0.25) is 4.98 Å². The number of aryl methyl sites for hydroxylation is 1. The fourth-order valence-electron chi connectivity index (χ4n) is 2.42. The molecule has 4 nitrogen and oxygen atoms in total. The van der Waals surface area contributed by atoms with Crippen molar-refractivity contribution in [2.24, 2.45) is 0 Å². The molecule has 26 heavy (non-hydrogen) atoms. The highest BCUT2D eigenvalue weighted by molar-refractivity contribution is 5.67. The third-order valence-electron chi connectivity index (χ3n) is 3.79. The van der Waals surface area contributed by atoms with E-state index >= 15 is 0 Å². The number of rotatable bonds is 7. The van der Waals surface area contributed by atoms with Gasteiger partial charge in [0, 0.05) is 17.9 Å². The minimum Gasteiger partial charge on any atom is -0.445 e. The minimum absolute atomic E-state index is 0.149. The number of halogens is 3. The molecule has 2 aromatic rings. The van der Waals surface area contributed by atoms with Gasteiger partial charge in [0.1, 0.15) is 6.61 Å². The standard InChI is InChI=1S/C19H21F3N2O2/c1-14(24-18(25)26-13-15-7-3-2-4-8-15)6-5-9-17-12-16(10-11-23-17)19(20,21)22/h2-4,7-8,10-12,14H,5-6,9,13H2,1H3,(H,24,25)/t14-/m1/s1. The molecule has 1 amide bonds. The van der Waals surface area contributed by atoms with E-state index in [2.05, 4.69) is 10.3 Å². The van der Waals surface area contributed by atoms with E-state index in [1.54, 1.807) is 0 Å². The number of amides is 1. The van der Waals surface area contributed by atoms with Gasteiger partial charge in [-0.05, 0) is 43.9 Å². The van der Waals surface area contributed by atoms with Gasteiger partial charge in [0.05, 0.1) is 5.56 Å². The van der Waals surface area contributed by atoms with Crippen molar-refractivity contribution >= 4 is 6.09 Å². The molecule has 0 aliphatic carbocycles. The molecule has 0 aliphatic heterocycles. The van der Waals surface area contributed by atoms with Crippen molar-refractivity contribution in [3.8, 4) is 0 Å². The van der Waals surface area contributed by atoms with Gasteiger partial charge < -0.3 is 10.1 Å². The molecule has 0 spiro atoms. The lowest BCUT2D eigenvalue weighted by Crippen LogP contribution is -2.33. The molecule has 0 saturated heterocycles. The predicted octanol–water partition coefficient (Wildman–Crippen LogP) is 4.74. The van der Waals surface area contributed by atoms with Gasteiger partial charge in [-0.15, -0.1) is 0 Å². The van der Waals surface area contributed by atoms with Crippen LogP contribution in [0, 0.1) is 0 Å². The zero-order valence-electron chi connectivity index (χ0n) is 14.4. The van der Waals surface area contributed by atoms with Crippen molar-refractivity contribution in [3.63, 3.8) is 0 Å². The van der Waals surface area contributed by atoms with E-state index in [1.807, 2.05) is 37.3 Å². The Kier molecular flexibility index (Phi) is 7.00. The van der Waals surface area contributed by atoms with Crippen LogP contribution in [0.5, 0.6) is 0 Å². The van der Waals surface area contributed by atoms with Crippen LogP contribution in [0.2, 0.25) is 0 Å². The number of carbonyl (C=O) groups is 1. The summed E-state index contributed by atoms with van der Waals surface area (Å²) < 4.78 is 43.1. The first-order valence-corrected chi connectivity index (χ1v) is 8.34. The maximum absolute atomic E-state index is 12.7. The van der Waals surface area contributed by atoms with Crippen molar-refractivity contribution in [1.82, 2.24) is 10.3 Å². The number of aromatic nitrogens is 1. The van der Waals surface area contributed by atoms with Crippen molar-refractivity contribution in [2.45, 2.75) is 45.0 Å². The average molecular weight is 366 g/mol. The van der Waals surface area contributed by atoms with Crippen LogP contribution >= 0.6 is 0 Å². The van der Waals surface area contributed by atoms with E-state index in [-0.39, 0.29) is 12.6 Å². The topological polar surface area (TPSA) is 51.2 Å². The number of benzene rings is 1. The van der Waals surface area contributed by atoms with Crippen molar-refractivity contribution in [3.05, 3.63) is 65.5 Å². The van der Waals surface area contributed by atoms with Crippen molar-refractivity contribution < 1.29 is 22.7 Å². The number of ether oxygens (including phenoxy) is 1. The number of nitrogens with zero attached hydrogens (tertiary/aromatic N) is 1. The molecule has 1 aromatic heterocycles. The number of pyridine rings is 1. The molecule has 0 radical (unpaired) electrons. The monoisotopic (exact) mass is 366 g/mol. The molecule has 140 valence electrons. The lowest BCUT2D eigenvalue weighted by molar-refractivity contribution is -0.137. The lowest BCUT2D eigenvalue weighted by Gasteiger charge is -2.14. The summed E-state index contributed by atoms with van der Waals surface area (Å²) in [7, 11) is 0. The largest absolute Gasteiger partial charge is 0.445 e. The lowest BCUT2D eigenvalue weighted by atomic mass is 10.1. The number of alkyl halides is 3. The van der Waals surface area contributed by atoms with E-state index in [0.29, 0.717) is 25.0 Å². The van der Waals surface area contributed by atoms with Gasteiger partial charge in [0.15, 0.2) is 0 Å². The summed E-state index contributed by atoms with van der Waals surface area (Å²) >= 11 is 0. The Labute approximate surface area is 150 Å². The van der Waals surface area contributed by atoms with Crippen LogP contribution in [0.4, 0.5) is 18.0 Å². The maximum atomic E-state index is 12.7. The van der Waals surface area contributed by atoms with E-state index < -0.39 is 17.8 Å². The molecule has 0 unspecified atom stereocenters. The summed E-state index contributed by atoms with van der Waals surface area (Å²) in [5, 5.41) is 2.71. The molecule has 7 heteroatoms. The Morgan fingerprint density at radius 1 is 1.23 bits per heavy atom. The van der Waals surface area contributed by atoms with Crippen LogP contribution < -0.4 is 5.32 Å². The quantitative estimate of drug-likeness (QED) is 0.770. The van der Waals surface area contributed by atoms with Crippen LogP contribution in [0.15, 0.2) is 48.7 Å². The first kappa shape index (κ1) is 19.8. The summed E-state index contributed by atoms with van der Waals surface area (Å²) in [6, 6.07) is 11.2. The number of hydrogen-bond donors (Lipinski definition) is 1. The van der Waals surface area contributed by atoms with Gasteiger partial charge in [0.25, 0.3) is 0 Å². The first-order chi connectivity index (χ1) is 12.3. The Morgan fingerprint density at radius 2 is 1.96 bits per heavy atom. The Bertz CT molecular complexity index is 705. The second-order valence-electron chi connectivity index (χ2n) is 6.03. The number of alkyl carbamates (subject to hydrolysis) is 1. The van der Waals surface area contributed by atoms with Crippen LogP contribution in [0.1, 0.15) is 36.6 Å². The summed E-state index contributed by atoms with van der Waals surface area (Å²) in [5.41, 5.74) is 0.586. The van der Waals surface area contributed by atoms with E-state index in [1.165, 1.54) is 6.20 Å². The summed E-state index contributed by atoms with van der Waals surface area (Å²) in [5.74, 6) is 0. The second-order valence-corrected chi connectivity index (χ2v) is 6.03. The molecule has 0 aliphatic rings. The molecular weight excluding hydrogens is 345 g/mol. The fraction of sp³-hybridized carbons (Fsp3) is 0.368. The molecule has 1 aromatic carbocycles. The summed E-state index contributed by atoms with van der Waals surface area (Å²) in [6.45, 7) is 2.01. The van der Waals surface area contributed by atoms with Crippen LogP contribution in [-0.2, 0) is 23.9 Å². The third kappa shape index (κ3) is 6.74. The Morgan fingerprint density at radius 3 is 2.65 bits per heavy atom. The maximum Gasteiger partial charge on any atom is 0.416 e. The van der Waals surface area contributed by atoms with Gasteiger partial charge in [-0.1, -0.05) is 30.3 Å². The van der Waals surface area contributed by atoms with Gasteiger partial charge in [0.2, 0.25) is 0 Å². The number of nitrogens with one attached hydrogen (secondary N) is 1. The third-order valence-corrected chi connectivity index (χ3v) is 3.79. The van der Waals surface area contributed by atoms with E-state index in [9.17, 15) is 18.0 Å². The van der Waals surface area contributed by atoms with Gasteiger partial charge >= 0.3 is 12.3 Å². The zero-order valence-corrected chi connectivity index (χ0v) is 14.4. The Balaban J connectivity index is 1.70. The zero-order chi connectivity index (χ0) is 19.0. The van der Waals surface area contributed by atoms with Crippen LogP contribution in [-0.4, -0.2) is 17.1 Å². The number of carbonyl (C=O) groups excluding carboxylic acids is 1. The highest BCUT2D eigenvalue weighted by atomic mass is 19.4. The molecule has 0 bridgehead atoms. The van der Waals surface area contributed by atoms with Crippen LogP contribution in [0.3, 0.4) is 0 Å². The molecule has 1 heterocycles. The molecule has 0 saturated carbocycles. The van der Waals surface area contributed by atoms with Crippen LogP contribution in [0.25, 0.3) is 0 Å². The van der Waals surface area contributed by atoms with Crippen molar-refractivity contribution in [2.75, 3.05) is 0 Å². The molecule has 1 N–H and O–H groups in total. The molecular formula is C19H21F3N2O2. The molecule has 2 rings (SSSR count). The van der Waals surface area contributed by atoms with Crippen molar-refractivity contribution in [1.29, 1.82) is 0 Å². The normalized spacial score (nSPS) is 12.5. The minimum atomic E-state index is -4.37. The molecule has 0 fully saturated rings. The first-order valence-electron chi connectivity index (χ1n) is 8.34.